The van der Waals surface area contributed by atoms with Gasteiger partial charge in [-0.3, -0.25) is 9.58 Å². The quantitative estimate of drug-likeness (QED) is 0.668. The van der Waals surface area contributed by atoms with Crippen LogP contribution in [-0.2, 0) is 30.8 Å². The van der Waals surface area contributed by atoms with Gasteiger partial charge in [0.05, 0.1) is 29.1 Å². The van der Waals surface area contributed by atoms with Crippen molar-refractivity contribution < 1.29 is 23.1 Å². The van der Waals surface area contributed by atoms with Crippen molar-refractivity contribution >= 4 is 17.3 Å². The van der Waals surface area contributed by atoms with Crippen LogP contribution in [0.3, 0.4) is 0 Å². The number of rotatable bonds is 4. The topological polar surface area (TPSA) is 89.1 Å². The maximum absolute atomic E-state index is 10.6. The van der Waals surface area contributed by atoms with Gasteiger partial charge in [0, 0.05) is 50.4 Å². The minimum Gasteiger partial charge on any atom is -0.475 e. The van der Waals surface area contributed by atoms with E-state index in [2.05, 4.69) is 36.8 Å². The van der Waals surface area contributed by atoms with E-state index in [1.54, 1.807) is 11.3 Å². The molecule has 3 aromatic heterocycles. The van der Waals surface area contributed by atoms with Gasteiger partial charge in [0.2, 0.25) is 0 Å². The molecular formula is C18H21F3N6O2S. The number of aliphatic carboxylic acids is 1. The first kappa shape index (κ1) is 22.0. The molecule has 4 heterocycles. The molecule has 0 saturated carbocycles. The Labute approximate surface area is 174 Å². The van der Waals surface area contributed by atoms with Crippen LogP contribution in [0.5, 0.6) is 0 Å². The normalized spacial score (nSPS) is 14.5. The zero-order chi connectivity index (χ0) is 21.7. The van der Waals surface area contributed by atoms with Gasteiger partial charge in [-0.25, -0.2) is 14.8 Å². The Hall–Kier alpha value is -2.73. The number of imidazole rings is 1. The number of hydrogen-bond acceptors (Lipinski definition) is 6. The van der Waals surface area contributed by atoms with Crippen LogP contribution in [-0.4, -0.2) is 59.6 Å². The van der Waals surface area contributed by atoms with Crippen molar-refractivity contribution in [2.24, 2.45) is 0 Å². The van der Waals surface area contributed by atoms with Gasteiger partial charge in [-0.2, -0.15) is 18.3 Å². The molecule has 0 bridgehead atoms. The SMILES string of the molecule is Cc1nc(CN2CCc3ncc(Cn4cccn4)n3CC2)cs1.O=C(O)C(F)(F)F. The van der Waals surface area contributed by atoms with E-state index < -0.39 is 12.1 Å². The first-order valence-electron chi connectivity index (χ1n) is 9.16. The number of halogens is 3. The Bertz CT molecular complexity index is 967. The molecule has 162 valence electrons. The molecule has 0 saturated heterocycles. The highest BCUT2D eigenvalue weighted by Crippen LogP contribution is 2.16. The number of carboxylic acids is 1. The van der Waals surface area contributed by atoms with Gasteiger partial charge in [-0.15, -0.1) is 11.3 Å². The molecule has 0 aliphatic carbocycles. The minimum atomic E-state index is -5.08. The number of carbonyl (C=O) groups is 1. The van der Waals surface area contributed by atoms with Crippen LogP contribution in [0.4, 0.5) is 13.2 Å². The second kappa shape index (κ2) is 9.39. The predicted molar refractivity (Wildman–Crippen MR) is 103 cm³/mol. The Balaban J connectivity index is 0.000000318. The van der Waals surface area contributed by atoms with Gasteiger partial charge in [0.15, 0.2) is 0 Å². The van der Waals surface area contributed by atoms with Gasteiger partial charge in [0.1, 0.15) is 5.82 Å². The number of nitrogens with zero attached hydrogens (tertiary/aromatic N) is 6. The number of hydrogen-bond donors (Lipinski definition) is 1. The van der Waals surface area contributed by atoms with E-state index >= 15 is 0 Å². The number of carboxylic acid groups (broad SMARTS) is 1. The summed E-state index contributed by atoms with van der Waals surface area (Å²) < 4.78 is 36.0. The fourth-order valence-electron chi connectivity index (χ4n) is 3.09. The summed E-state index contributed by atoms with van der Waals surface area (Å²) in [6.07, 6.45) is 1.71. The third-order valence-electron chi connectivity index (χ3n) is 4.49. The number of aromatic nitrogens is 5. The molecule has 0 unspecified atom stereocenters. The second-order valence-electron chi connectivity index (χ2n) is 6.71. The molecule has 12 heteroatoms. The summed E-state index contributed by atoms with van der Waals surface area (Å²) in [6.45, 7) is 6.83. The number of thiazole rings is 1. The number of aryl methyl sites for hydroxylation is 1. The lowest BCUT2D eigenvalue weighted by Crippen LogP contribution is -2.26. The third-order valence-corrected chi connectivity index (χ3v) is 5.31. The molecule has 30 heavy (non-hydrogen) atoms. The number of alkyl halides is 3. The zero-order valence-corrected chi connectivity index (χ0v) is 17.0. The highest BCUT2D eigenvalue weighted by Gasteiger charge is 2.38. The minimum absolute atomic E-state index is 0.783. The molecule has 1 N–H and O–H groups in total. The summed E-state index contributed by atoms with van der Waals surface area (Å²) in [4.78, 5) is 20.6. The maximum atomic E-state index is 10.6. The van der Waals surface area contributed by atoms with Crippen LogP contribution in [0, 0.1) is 6.92 Å². The van der Waals surface area contributed by atoms with Gasteiger partial charge < -0.3 is 9.67 Å². The Morgan fingerprint density at radius 2 is 2.03 bits per heavy atom. The molecule has 1 aliphatic heterocycles. The monoisotopic (exact) mass is 442 g/mol. The lowest BCUT2D eigenvalue weighted by atomic mass is 10.3. The summed E-state index contributed by atoms with van der Waals surface area (Å²) in [5.41, 5.74) is 2.42. The number of fused-ring (bicyclic) bond motifs is 1. The van der Waals surface area contributed by atoms with E-state index in [1.165, 1.54) is 17.2 Å². The van der Waals surface area contributed by atoms with Crippen molar-refractivity contribution in [3.05, 3.63) is 52.3 Å². The summed E-state index contributed by atoms with van der Waals surface area (Å²) in [7, 11) is 0. The highest BCUT2D eigenvalue weighted by atomic mass is 32.1. The fourth-order valence-corrected chi connectivity index (χ4v) is 3.70. The van der Waals surface area contributed by atoms with Gasteiger partial charge in [-0.1, -0.05) is 0 Å². The molecule has 0 amide bonds. The van der Waals surface area contributed by atoms with E-state index in [4.69, 9.17) is 9.90 Å². The van der Waals surface area contributed by atoms with Crippen LogP contribution in [0.1, 0.15) is 22.2 Å². The molecule has 0 aromatic carbocycles. The second-order valence-corrected chi connectivity index (χ2v) is 7.77. The van der Waals surface area contributed by atoms with Crippen LogP contribution in [0.15, 0.2) is 30.0 Å². The lowest BCUT2D eigenvalue weighted by Gasteiger charge is -2.18. The first-order chi connectivity index (χ1) is 14.2. The van der Waals surface area contributed by atoms with Crippen LogP contribution in [0.2, 0.25) is 0 Å². The first-order valence-corrected chi connectivity index (χ1v) is 10.0. The van der Waals surface area contributed by atoms with Crippen molar-refractivity contribution in [2.45, 2.75) is 39.2 Å². The van der Waals surface area contributed by atoms with E-state index in [-0.39, 0.29) is 0 Å². The van der Waals surface area contributed by atoms with Crippen molar-refractivity contribution in [2.75, 3.05) is 13.1 Å². The standard InChI is InChI=1S/C16H20N6S.C2HF3O2/c1-13-19-14(12-23-13)10-20-6-3-16-17-9-15(22(16)8-7-20)11-21-5-2-4-18-21;3-2(4,5)1(6)7/h2,4-5,9,12H,3,6-8,10-11H2,1H3;(H,6,7). The molecular weight excluding hydrogens is 421 g/mol. The average molecular weight is 442 g/mol. The van der Waals surface area contributed by atoms with Crippen LogP contribution in [0.25, 0.3) is 0 Å². The molecule has 0 spiro atoms. The van der Waals surface area contributed by atoms with Crippen LogP contribution < -0.4 is 0 Å². The van der Waals surface area contributed by atoms with E-state index in [0.717, 1.165) is 44.2 Å². The van der Waals surface area contributed by atoms with Crippen molar-refractivity contribution in [1.29, 1.82) is 0 Å². The molecule has 0 fully saturated rings. The largest absolute Gasteiger partial charge is 0.490 e. The lowest BCUT2D eigenvalue weighted by molar-refractivity contribution is -0.192. The Morgan fingerprint density at radius 1 is 1.27 bits per heavy atom. The molecule has 3 aromatic rings. The van der Waals surface area contributed by atoms with E-state index in [1.807, 2.05) is 29.3 Å². The van der Waals surface area contributed by atoms with Crippen molar-refractivity contribution in [3.8, 4) is 0 Å². The average Bonchev–Trinajstić information content (AvgIpc) is 3.38. The molecule has 8 nitrogen and oxygen atoms in total. The fraction of sp³-hybridized carbons (Fsp3) is 0.444. The molecule has 4 rings (SSSR count). The highest BCUT2D eigenvalue weighted by molar-refractivity contribution is 7.09. The summed E-state index contributed by atoms with van der Waals surface area (Å²) in [5.74, 6) is -1.57. The third kappa shape index (κ3) is 5.89. The van der Waals surface area contributed by atoms with Gasteiger partial charge in [0.25, 0.3) is 0 Å². The Kier molecular flexibility index (Phi) is 6.87. The van der Waals surface area contributed by atoms with E-state index in [9.17, 15) is 13.2 Å². The van der Waals surface area contributed by atoms with Gasteiger partial charge >= 0.3 is 12.1 Å². The molecule has 1 aliphatic rings. The zero-order valence-electron chi connectivity index (χ0n) is 16.2. The van der Waals surface area contributed by atoms with Gasteiger partial charge in [-0.05, 0) is 13.0 Å². The van der Waals surface area contributed by atoms with Crippen molar-refractivity contribution in [3.63, 3.8) is 0 Å². The summed E-state index contributed by atoms with van der Waals surface area (Å²) in [5, 5.41) is 14.7. The van der Waals surface area contributed by atoms with Crippen LogP contribution >= 0.6 is 11.3 Å². The summed E-state index contributed by atoms with van der Waals surface area (Å²) in [6, 6.07) is 1.96. The maximum Gasteiger partial charge on any atom is 0.490 e. The van der Waals surface area contributed by atoms with Crippen molar-refractivity contribution in [1.82, 2.24) is 29.2 Å². The smallest absolute Gasteiger partial charge is 0.475 e. The molecule has 0 atom stereocenters. The Morgan fingerprint density at radius 3 is 2.63 bits per heavy atom. The predicted octanol–water partition coefficient (Wildman–Crippen LogP) is 2.58. The summed E-state index contributed by atoms with van der Waals surface area (Å²) >= 11 is 1.73. The molecule has 0 radical (unpaired) electrons. The van der Waals surface area contributed by atoms with E-state index in [0.29, 0.717) is 0 Å².